The molecule has 1 aliphatic rings. The van der Waals surface area contributed by atoms with E-state index in [1.165, 1.54) is 63.1 Å². The Hall–Kier alpha value is 0.310. The van der Waals surface area contributed by atoms with Crippen molar-refractivity contribution in [1.29, 1.82) is 0 Å². The molecule has 16 heavy (non-hydrogen) atoms. The summed E-state index contributed by atoms with van der Waals surface area (Å²) in [4.78, 5) is 0. The molecule has 1 atom stereocenters. The third-order valence-corrected chi connectivity index (χ3v) is 4.98. The number of rotatable bonds is 8. The zero-order valence-electron chi connectivity index (χ0n) is 11.1. The van der Waals surface area contributed by atoms with Gasteiger partial charge in [-0.05, 0) is 37.0 Å². The summed E-state index contributed by atoms with van der Waals surface area (Å²) in [6.07, 6.45) is 8.66. The fourth-order valence-electron chi connectivity index (χ4n) is 2.24. The fourth-order valence-corrected chi connectivity index (χ4v) is 3.34. The quantitative estimate of drug-likeness (QED) is 0.648. The molecule has 0 heterocycles. The summed E-state index contributed by atoms with van der Waals surface area (Å²) in [5, 5.41) is 3.63. The second-order valence-corrected chi connectivity index (χ2v) is 6.45. The molecule has 1 unspecified atom stereocenters. The fraction of sp³-hybridized carbons (Fsp3) is 1.00. The monoisotopic (exact) mass is 243 g/mol. The summed E-state index contributed by atoms with van der Waals surface area (Å²) in [7, 11) is 0. The van der Waals surface area contributed by atoms with Crippen molar-refractivity contribution in [1.82, 2.24) is 5.32 Å². The van der Waals surface area contributed by atoms with Gasteiger partial charge in [-0.15, -0.1) is 0 Å². The molecule has 0 aliphatic heterocycles. The van der Waals surface area contributed by atoms with Crippen molar-refractivity contribution >= 4 is 11.8 Å². The van der Waals surface area contributed by atoms with E-state index < -0.39 is 0 Å². The van der Waals surface area contributed by atoms with Gasteiger partial charge in [-0.25, -0.2) is 0 Å². The van der Waals surface area contributed by atoms with Gasteiger partial charge < -0.3 is 5.32 Å². The Kier molecular flexibility index (Phi) is 8.40. The molecular formula is C14H29NS. The largest absolute Gasteiger partial charge is 0.316 e. The van der Waals surface area contributed by atoms with E-state index in [0.717, 1.165) is 11.8 Å². The summed E-state index contributed by atoms with van der Waals surface area (Å²) < 4.78 is 0. The molecule has 0 saturated heterocycles. The molecule has 1 aliphatic carbocycles. The standard InChI is InChI=1S/C14H29NS/c1-3-13(2)12-16-10-9-15-11-14-7-5-4-6-8-14/h13-15H,3-12H2,1-2H3. The predicted molar refractivity (Wildman–Crippen MR) is 76.2 cm³/mol. The van der Waals surface area contributed by atoms with Crippen molar-refractivity contribution in [3.8, 4) is 0 Å². The first-order chi connectivity index (χ1) is 7.83. The van der Waals surface area contributed by atoms with Gasteiger partial charge >= 0.3 is 0 Å². The highest BCUT2D eigenvalue weighted by Gasteiger charge is 2.12. The molecule has 1 rings (SSSR count). The summed E-state index contributed by atoms with van der Waals surface area (Å²) in [6.45, 7) is 7.11. The Morgan fingerprint density at radius 2 is 2.00 bits per heavy atom. The van der Waals surface area contributed by atoms with Crippen LogP contribution in [0.4, 0.5) is 0 Å². The molecule has 1 N–H and O–H groups in total. The van der Waals surface area contributed by atoms with Crippen LogP contribution in [0.5, 0.6) is 0 Å². The Balaban J connectivity index is 1.84. The molecule has 0 aromatic heterocycles. The van der Waals surface area contributed by atoms with E-state index in [-0.39, 0.29) is 0 Å². The van der Waals surface area contributed by atoms with Gasteiger partial charge in [-0.1, -0.05) is 39.5 Å². The summed E-state index contributed by atoms with van der Waals surface area (Å²) in [6, 6.07) is 0. The second kappa shape index (κ2) is 9.35. The third kappa shape index (κ3) is 6.80. The average Bonchev–Trinajstić information content (AvgIpc) is 2.34. The number of hydrogen-bond acceptors (Lipinski definition) is 2. The van der Waals surface area contributed by atoms with E-state index in [4.69, 9.17) is 0 Å². The zero-order valence-corrected chi connectivity index (χ0v) is 12.0. The number of nitrogens with one attached hydrogen (secondary N) is 1. The van der Waals surface area contributed by atoms with Crippen molar-refractivity contribution in [2.24, 2.45) is 11.8 Å². The molecule has 96 valence electrons. The van der Waals surface area contributed by atoms with Gasteiger partial charge in [0.1, 0.15) is 0 Å². The van der Waals surface area contributed by atoms with Gasteiger partial charge in [-0.3, -0.25) is 0 Å². The van der Waals surface area contributed by atoms with Crippen LogP contribution in [0.2, 0.25) is 0 Å². The van der Waals surface area contributed by atoms with Crippen molar-refractivity contribution in [2.45, 2.75) is 52.4 Å². The molecule has 1 saturated carbocycles. The van der Waals surface area contributed by atoms with E-state index in [2.05, 4.69) is 30.9 Å². The van der Waals surface area contributed by atoms with E-state index in [1.54, 1.807) is 0 Å². The van der Waals surface area contributed by atoms with Gasteiger partial charge in [-0.2, -0.15) is 11.8 Å². The lowest BCUT2D eigenvalue weighted by Crippen LogP contribution is -2.26. The summed E-state index contributed by atoms with van der Waals surface area (Å²) in [5.74, 6) is 4.50. The SMILES string of the molecule is CCC(C)CSCCNCC1CCCCC1. The van der Waals surface area contributed by atoms with E-state index in [9.17, 15) is 0 Å². The van der Waals surface area contributed by atoms with Crippen LogP contribution in [0.1, 0.15) is 52.4 Å². The van der Waals surface area contributed by atoms with Gasteiger partial charge in [0.25, 0.3) is 0 Å². The highest BCUT2D eigenvalue weighted by Crippen LogP contribution is 2.22. The van der Waals surface area contributed by atoms with Crippen LogP contribution in [0.15, 0.2) is 0 Å². The molecule has 0 amide bonds. The third-order valence-electron chi connectivity index (χ3n) is 3.68. The van der Waals surface area contributed by atoms with Crippen LogP contribution in [0.3, 0.4) is 0 Å². The van der Waals surface area contributed by atoms with Crippen molar-refractivity contribution in [2.75, 3.05) is 24.6 Å². The average molecular weight is 243 g/mol. The lowest BCUT2D eigenvalue weighted by atomic mass is 9.89. The maximum absolute atomic E-state index is 3.63. The van der Waals surface area contributed by atoms with Crippen molar-refractivity contribution in [3.63, 3.8) is 0 Å². The molecule has 0 bridgehead atoms. The smallest absolute Gasteiger partial charge is 0.00582 e. The van der Waals surface area contributed by atoms with Gasteiger partial charge in [0.15, 0.2) is 0 Å². The minimum Gasteiger partial charge on any atom is -0.316 e. The normalized spacial score (nSPS) is 19.9. The van der Waals surface area contributed by atoms with Gasteiger partial charge in [0.05, 0.1) is 0 Å². The minimum atomic E-state index is 0.892. The Labute approximate surface area is 106 Å². The Morgan fingerprint density at radius 3 is 2.69 bits per heavy atom. The van der Waals surface area contributed by atoms with Gasteiger partial charge in [0, 0.05) is 12.3 Å². The predicted octanol–water partition coefficient (Wildman–Crippen LogP) is 3.94. The van der Waals surface area contributed by atoms with E-state index in [0.29, 0.717) is 0 Å². The van der Waals surface area contributed by atoms with Gasteiger partial charge in [0.2, 0.25) is 0 Å². The van der Waals surface area contributed by atoms with Crippen LogP contribution in [-0.4, -0.2) is 24.6 Å². The van der Waals surface area contributed by atoms with E-state index >= 15 is 0 Å². The highest BCUT2D eigenvalue weighted by molar-refractivity contribution is 7.99. The Morgan fingerprint density at radius 1 is 1.25 bits per heavy atom. The van der Waals surface area contributed by atoms with Crippen molar-refractivity contribution < 1.29 is 0 Å². The molecule has 1 fully saturated rings. The van der Waals surface area contributed by atoms with Crippen molar-refractivity contribution in [3.05, 3.63) is 0 Å². The molecule has 1 nitrogen and oxygen atoms in total. The molecule has 2 heteroatoms. The topological polar surface area (TPSA) is 12.0 Å². The molecule has 0 aromatic rings. The number of thioether (sulfide) groups is 1. The lowest BCUT2D eigenvalue weighted by Gasteiger charge is -2.21. The minimum absolute atomic E-state index is 0.892. The summed E-state index contributed by atoms with van der Waals surface area (Å²) in [5.41, 5.74) is 0. The van der Waals surface area contributed by atoms with Crippen LogP contribution in [0.25, 0.3) is 0 Å². The molecule has 0 radical (unpaired) electrons. The molecular weight excluding hydrogens is 214 g/mol. The molecule has 0 aromatic carbocycles. The van der Waals surface area contributed by atoms with E-state index in [1.807, 2.05) is 0 Å². The van der Waals surface area contributed by atoms with Crippen LogP contribution in [-0.2, 0) is 0 Å². The lowest BCUT2D eigenvalue weighted by molar-refractivity contribution is 0.345. The maximum Gasteiger partial charge on any atom is 0.00582 e. The first-order valence-electron chi connectivity index (χ1n) is 7.11. The number of hydrogen-bond donors (Lipinski definition) is 1. The van der Waals surface area contributed by atoms with Crippen LogP contribution in [0, 0.1) is 11.8 Å². The summed E-state index contributed by atoms with van der Waals surface area (Å²) >= 11 is 2.11. The zero-order chi connectivity index (χ0) is 11.6. The second-order valence-electron chi connectivity index (χ2n) is 5.30. The Bertz CT molecular complexity index is 155. The molecule has 0 spiro atoms. The first kappa shape index (κ1) is 14.4. The van der Waals surface area contributed by atoms with Crippen LogP contribution >= 0.6 is 11.8 Å². The highest BCUT2D eigenvalue weighted by atomic mass is 32.2. The first-order valence-corrected chi connectivity index (χ1v) is 8.26. The van der Waals surface area contributed by atoms with Crippen LogP contribution < -0.4 is 5.32 Å². The maximum atomic E-state index is 3.63.